The molecule has 1 aliphatic rings. The number of hydrogen-bond acceptors (Lipinski definition) is 5. The van der Waals surface area contributed by atoms with E-state index in [1.165, 1.54) is 19.2 Å². The first-order chi connectivity index (χ1) is 9.90. The Labute approximate surface area is 128 Å². The Kier molecular flexibility index (Phi) is 5.24. The molecule has 0 aromatic heterocycles. The molecule has 0 heterocycles. The molecule has 0 saturated heterocycles. The molecule has 116 valence electrons. The van der Waals surface area contributed by atoms with Crippen LogP contribution in [0.1, 0.15) is 41.6 Å². The van der Waals surface area contributed by atoms with Gasteiger partial charge in [0.15, 0.2) is 0 Å². The van der Waals surface area contributed by atoms with Gasteiger partial charge in [0.25, 0.3) is 9.05 Å². The molecule has 0 spiro atoms. The van der Waals surface area contributed by atoms with Crippen LogP contribution in [0.4, 0.5) is 0 Å². The molecule has 0 bridgehead atoms. The third-order valence-electron chi connectivity index (χ3n) is 3.37. The number of carbonyl (C=O) groups excluding carboxylic acids is 1. The Hall–Kier alpha value is -1.11. The molecule has 0 atom stereocenters. The summed E-state index contributed by atoms with van der Waals surface area (Å²) in [5.74, 6) is -0.526. The van der Waals surface area contributed by atoms with Crippen molar-refractivity contribution in [1.29, 1.82) is 0 Å². The van der Waals surface area contributed by atoms with E-state index in [1.54, 1.807) is 6.07 Å². The predicted octanol–water partition coefficient (Wildman–Crippen LogP) is 2.86. The highest BCUT2D eigenvalue weighted by Crippen LogP contribution is 2.24. The van der Waals surface area contributed by atoms with Crippen molar-refractivity contribution in [1.82, 2.24) is 0 Å². The van der Waals surface area contributed by atoms with Gasteiger partial charge in [-0.2, -0.15) is 0 Å². The lowest BCUT2D eigenvalue weighted by Gasteiger charge is -2.12. The Bertz CT molecular complexity index is 620. The highest BCUT2D eigenvalue weighted by atomic mass is 35.7. The summed E-state index contributed by atoms with van der Waals surface area (Å²) < 4.78 is 33.3. The van der Waals surface area contributed by atoms with Gasteiger partial charge in [0, 0.05) is 17.8 Å². The molecule has 1 aliphatic carbocycles. The molecule has 1 fully saturated rings. The summed E-state index contributed by atoms with van der Waals surface area (Å²) >= 11 is 0. The zero-order valence-corrected chi connectivity index (χ0v) is 13.2. The minimum atomic E-state index is -3.92. The van der Waals surface area contributed by atoms with E-state index in [4.69, 9.17) is 20.2 Å². The Morgan fingerprint density at radius 2 is 1.95 bits per heavy atom. The number of methoxy groups -OCH3 is 1. The standard InChI is InChI=1S/C14H17ClO5S/c1-19-9-10-6-11(8-13(7-10)21(15,17)18)14(16)20-12-4-2-3-5-12/h6-8,12H,2-5,9H2,1H3. The van der Waals surface area contributed by atoms with Crippen LogP contribution >= 0.6 is 10.7 Å². The van der Waals surface area contributed by atoms with Crippen molar-refractivity contribution in [3.05, 3.63) is 29.3 Å². The summed E-state index contributed by atoms with van der Waals surface area (Å²) in [6, 6.07) is 4.18. The normalized spacial score (nSPS) is 16.1. The number of ether oxygens (including phenoxy) is 2. The van der Waals surface area contributed by atoms with Gasteiger partial charge >= 0.3 is 5.97 Å². The smallest absolute Gasteiger partial charge is 0.338 e. The van der Waals surface area contributed by atoms with Crippen molar-refractivity contribution in [3.63, 3.8) is 0 Å². The maximum atomic E-state index is 12.1. The molecule has 21 heavy (non-hydrogen) atoms. The van der Waals surface area contributed by atoms with E-state index in [0.717, 1.165) is 25.7 Å². The van der Waals surface area contributed by atoms with Gasteiger partial charge in [0.1, 0.15) is 6.10 Å². The van der Waals surface area contributed by atoms with Gasteiger partial charge < -0.3 is 9.47 Å². The van der Waals surface area contributed by atoms with Crippen molar-refractivity contribution < 1.29 is 22.7 Å². The van der Waals surface area contributed by atoms with Gasteiger partial charge in [-0.3, -0.25) is 0 Å². The van der Waals surface area contributed by atoms with E-state index in [1.807, 2.05) is 0 Å². The fraction of sp³-hybridized carbons (Fsp3) is 0.500. The van der Waals surface area contributed by atoms with Crippen molar-refractivity contribution >= 4 is 25.7 Å². The van der Waals surface area contributed by atoms with E-state index in [2.05, 4.69) is 0 Å². The molecule has 0 amide bonds. The number of halogens is 1. The number of esters is 1. The third-order valence-corrected chi connectivity index (χ3v) is 4.70. The van der Waals surface area contributed by atoms with E-state index in [0.29, 0.717) is 5.56 Å². The van der Waals surface area contributed by atoms with Crippen LogP contribution < -0.4 is 0 Å². The van der Waals surface area contributed by atoms with E-state index in [9.17, 15) is 13.2 Å². The van der Waals surface area contributed by atoms with Crippen LogP contribution in [0, 0.1) is 0 Å². The van der Waals surface area contributed by atoms with Gasteiger partial charge in [-0.05, 0) is 49.4 Å². The first-order valence-corrected chi connectivity index (χ1v) is 8.99. The molecule has 2 rings (SSSR count). The highest BCUT2D eigenvalue weighted by molar-refractivity contribution is 8.13. The average molecular weight is 333 g/mol. The summed E-state index contributed by atoms with van der Waals surface area (Å²) in [6.07, 6.45) is 3.71. The molecule has 5 nitrogen and oxygen atoms in total. The van der Waals surface area contributed by atoms with Crippen LogP contribution in [0.5, 0.6) is 0 Å². The van der Waals surface area contributed by atoms with Crippen molar-refractivity contribution in [2.45, 2.75) is 43.3 Å². The van der Waals surface area contributed by atoms with Gasteiger partial charge in [-0.25, -0.2) is 13.2 Å². The van der Waals surface area contributed by atoms with Crippen LogP contribution in [0.15, 0.2) is 23.1 Å². The first-order valence-electron chi connectivity index (χ1n) is 6.68. The molecular weight excluding hydrogens is 316 g/mol. The number of rotatable bonds is 5. The topological polar surface area (TPSA) is 69.7 Å². The second-order valence-electron chi connectivity index (χ2n) is 5.05. The van der Waals surface area contributed by atoms with E-state index < -0.39 is 15.0 Å². The zero-order valence-electron chi connectivity index (χ0n) is 11.7. The second-order valence-corrected chi connectivity index (χ2v) is 7.61. The lowest BCUT2D eigenvalue weighted by molar-refractivity contribution is 0.0317. The molecule has 1 aromatic rings. The molecule has 0 unspecified atom stereocenters. The average Bonchev–Trinajstić information content (AvgIpc) is 2.90. The quantitative estimate of drug-likeness (QED) is 0.612. The summed E-state index contributed by atoms with van der Waals surface area (Å²) in [6.45, 7) is 0.184. The van der Waals surface area contributed by atoms with E-state index >= 15 is 0 Å². The minimum Gasteiger partial charge on any atom is -0.459 e. The molecule has 7 heteroatoms. The maximum absolute atomic E-state index is 12.1. The van der Waals surface area contributed by atoms with Gasteiger partial charge in [-0.15, -0.1) is 0 Å². The van der Waals surface area contributed by atoms with Crippen molar-refractivity contribution in [2.24, 2.45) is 0 Å². The molecule has 1 aromatic carbocycles. The number of hydrogen-bond donors (Lipinski definition) is 0. The van der Waals surface area contributed by atoms with Crippen LogP contribution in [0.3, 0.4) is 0 Å². The fourth-order valence-electron chi connectivity index (χ4n) is 2.39. The largest absolute Gasteiger partial charge is 0.459 e. The third kappa shape index (κ3) is 4.43. The Balaban J connectivity index is 2.28. The van der Waals surface area contributed by atoms with Crippen molar-refractivity contribution in [3.8, 4) is 0 Å². The van der Waals surface area contributed by atoms with Gasteiger partial charge in [-0.1, -0.05) is 0 Å². The molecule has 1 saturated carbocycles. The van der Waals surface area contributed by atoms with Crippen LogP contribution in [-0.2, 0) is 25.1 Å². The molecule has 0 radical (unpaired) electrons. The summed E-state index contributed by atoms with van der Waals surface area (Å²) in [5.41, 5.74) is 0.730. The maximum Gasteiger partial charge on any atom is 0.338 e. The SMILES string of the molecule is COCc1cc(C(=O)OC2CCCC2)cc(S(=O)(=O)Cl)c1. The summed E-state index contributed by atoms with van der Waals surface area (Å²) in [5, 5.41) is 0. The summed E-state index contributed by atoms with van der Waals surface area (Å²) in [7, 11) is 2.92. The fourth-order valence-corrected chi connectivity index (χ4v) is 3.22. The predicted molar refractivity (Wildman–Crippen MR) is 77.9 cm³/mol. The first kappa shape index (κ1) is 16.3. The lowest BCUT2D eigenvalue weighted by atomic mass is 10.1. The summed E-state index contributed by atoms with van der Waals surface area (Å²) in [4.78, 5) is 12.0. The van der Waals surface area contributed by atoms with E-state index in [-0.39, 0.29) is 23.2 Å². The Morgan fingerprint density at radius 1 is 1.29 bits per heavy atom. The zero-order chi connectivity index (χ0) is 15.5. The molecule has 0 aliphatic heterocycles. The second kappa shape index (κ2) is 6.77. The number of carbonyl (C=O) groups is 1. The van der Waals surface area contributed by atoms with Gasteiger partial charge in [0.2, 0.25) is 0 Å². The van der Waals surface area contributed by atoms with Crippen LogP contribution in [0.25, 0.3) is 0 Å². The van der Waals surface area contributed by atoms with Crippen LogP contribution in [-0.4, -0.2) is 27.6 Å². The van der Waals surface area contributed by atoms with Crippen molar-refractivity contribution in [2.75, 3.05) is 7.11 Å². The van der Waals surface area contributed by atoms with Gasteiger partial charge in [0.05, 0.1) is 17.1 Å². The lowest BCUT2D eigenvalue weighted by Crippen LogP contribution is -2.15. The molecule has 0 N–H and O–H groups in total. The minimum absolute atomic E-state index is 0.0837. The van der Waals surface area contributed by atoms with Crippen LogP contribution in [0.2, 0.25) is 0 Å². The monoisotopic (exact) mass is 332 g/mol. The Morgan fingerprint density at radius 3 is 2.52 bits per heavy atom. The highest BCUT2D eigenvalue weighted by Gasteiger charge is 2.22. The molecular formula is C14H17ClO5S. The number of benzene rings is 1.